The smallest absolute Gasteiger partial charge is 0.162 e. The maximum Gasteiger partial charge on any atom is 0.162 e. The average molecular weight is 444 g/mol. The van der Waals surface area contributed by atoms with Crippen LogP contribution >= 0.6 is 27.5 Å². The zero-order valence-corrected chi connectivity index (χ0v) is 17.1. The van der Waals surface area contributed by atoms with Gasteiger partial charge in [0.15, 0.2) is 11.5 Å². The molecule has 26 heavy (non-hydrogen) atoms. The first-order valence-corrected chi connectivity index (χ1v) is 9.57. The third kappa shape index (κ3) is 6.78. The topological polar surface area (TPSA) is 62.8 Å². The van der Waals surface area contributed by atoms with E-state index < -0.39 is 0 Å². The maximum absolute atomic E-state index is 8.73. The third-order valence-corrected chi connectivity index (χ3v) is 4.71. The summed E-state index contributed by atoms with van der Waals surface area (Å²) in [7, 11) is 1.63. The van der Waals surface area contributed by atoms with E-state index in [0.29, 0.717) is 36.2 Å². The lowest BCUT2D eigenvalue weighted by molar-refractivity contribution is 0.284. The zero-order valence-electron chi connectivity index (χ0n) is 14.7. The van der Waals surface area contributed by atoms with Gasteiger partial charge < -0.3 is 25.2 Å². The monoisotopic (exact) mass is 442 g/mol. The number of benzene rings is 2. The number of hydrogen-bond acceptors (Lipinski definition) is 5. The van der Waals surface area contributed by atoms with Crippen molar-refractivity contribution in [1.29, 1.82) is 0 Å². The number of nitrogens with one attached hydrogen (secondary N) is 2. The van der Waals surface area contributed by atoms with Crippen molar-refractivity contribution >= 4 is 27.5 Å². The number of methoxy groups -OCH3 is 1. The largest absolute Gasteiger partial charge is 0.493 e. The van der Waals surface area contributed by atoms with Crippen molar-refractivity contribution in [2.75, 3.05) is 33.4 Å². The molecule has 0 saturated heterocycles. The van der Waals surface area contributed by atoms with Gasteiger partial charge in [0.1, 0.15) is 6.61 Å². The van der Waals surface area contributed by atoms with Gasteiger partial charge in [-0.3, -0.25) is 0 Å². The summed E-state index contributed by atoms with van der Waals surface area (Å²) < 4.78 is 12.3. The van der Waals surface area contributed by atoms with Crippen LogP contribution in [0.3, 0.4) is 0 Å². The second-order valence-corrected chi connectivity index (χ2v) is 6.95. The van der Waals surface area contributed by atoms with Crippen molar-refractivity contribution < 1.29 is 14.6 Å². The minimum Gasteiger partial charge on any atom is -0.493 e. The first kappa shape index (κ1) is 21.0. The zero-order chi connectivity index (χ0) is 18.8. The maximum atomic E-state index is 8.73. The second kappa shape index (κ2) is 11.4. The molecule has 0 aromatic heterocycles. The first-order valence-electron chi connectivity index (χ1n) is 8.40. The van der Waals surface area contributed by atoms with Gasteiger partial charge in [-0.15, -0.1) is 0 Å². The van der Waals surface area contributed by atoms with Crippen LogP contribution in [0.25, 0.3) is 0 Å². The Morgan fingerprint density at radius 1 is 1.04 bits per heavy atom. The lowest BCUT2D eigenvalue weighted by Gasteiger charge is -2.15. The molecule has 0 unspecified atom stereocenters. The van der Waals surface area contributed by atoms with Gasteiger partial charge in [-0.25, -0.2) is 0 Å². The van der Waals surface area contributed by atoms with E-state index in [1.807, 2.05) is 36.4 Å². The summed E-state index contributed by atoms with van der Waals surface area (Å²) in [5.41, 5.74) is 2.12. The normalized spacial score (nSPS) is 10.8. The molecular weight excluding hydrogens is 420 g/mol. The minimum absolute atomic E-state index is 0.153. The highest BCUT2D eigenvalue weighted by atomic mass is 79.9. The van der Waals surface area contributed by atoms with Gasteiger partial charge in [0, 0.05) is 35.7 Å². The molecule has 0 radical (unpaired) electrons. The summed E-state index contributed by atoms with van der Waals surface area (Å²) in [6.07, 6.45) is 0. The van der Waals surface area contributed by atoms with Crippen LogP contribution in [0.4, 0.5) is 0 Å². The molecule has 2 rings (SSSR count). The fourth-order valence-electron chi connectivity index (χ4n) is 2.33. The minimum atomic E-state index is 0.153. The molecule has 2 aromatic carbocycles. The van der Waals surface area contributed by atoms with Crippen LogP contribution < -0.4 is 20.1 Å². The molecule has 0 bridgehead atoms. The number of aliphatic hydroxyl groups excluding tert-OH is 1. The van der Waals surface area contributed by atoms with Crippen molar-refractivity contribution in [2.24, 2.45) is 0 Å². The molecule has 0 spiro atoms. The van der Waals surface area contributed by atoms with Crippen LogP contribution in [0, 0.1) is 0 Å². The van der Waals surface area contributed by atoms with Gasteiger partial charge in [0.05, 0.1) is 13.7 Å². The molecular formula is C19H24BrClN2O3. The average Bonchev–Trinajstić information content (AvgIpc) is 2.65. The molecule has 7 heteroatoms. The van der Waals surface area contributed by atoms with E-state index in [9.17, 15) is 0 Å². The summed E-state index contributed by atoms with van der Waals surface area (Å²) >= 11 is 9.50. The molecule has 0 aliphatic heterocycles. The molecule has 0 aliphatic rings. The lowest BCUT2D eigenvalue weighted by Crippen LogP contribution is -2.28. The second-order valence-electron chi connectivity index (χ2n) is 5.66. The van der Waals surface area contributed by atoms with Gasteiger partial charge in [-0.1, -0.05) is 39.7 Å². The Hall–Kier alpha value is -1.31. The number of aliphatic hydroxyl groups is 1. The van der Waals surface area contributed by atoms with Gasteiger partial charge >= 0.3 is 0 Å². The quantitative estimate of drug-likeness (QED) is 0.465. The fraction of sp³-hybridized carbons (Fsp3) is 0.368. The van der Waals surface area contributed by atoms with E-state index in [4.69, 9.17) is 26.2 Å². The highest BCUT2D eigenvalue weighted by molar-refractivity contribution is 9.10. The van der Waals surface area contributed by atoms with Crippen LogP contribution in [0.2, 0.25) is 5.02 Å². The van der Waals surface area contributed by atoms with E-state index in [-0.39, 0.29) is 6.61 Å². The van der Waals surface area contributed by atoms with Crippen LogP contribution in [0.1, 0.15) is 11.1 Å². The summed E-state index contributed by atoms with van der Waals surface area (Å²) in [6, 6.07) is 11.5. The molecule has 0 aliphatic carbocycles. The lowest BCUT2D eigenvalue weighted by atomic mass is 10.2. The Kier molecular flexibility index (Phi) is 9.22. The van der Waals surface area contributed by atoms with Crippen molar-refractivity contribution in [3.8, 4) is 11.5 Å². The SMILES string of the molecule is COc1cc(CNCCNCCO)c(Br)cc1OCc1ccc(Cl)cc1. The van der Waals surface area contributed by atoms with E-state index in [2.05, 4.69) is 26.6 Å². The molecule has 0 heterocycles. The van der Waals surface area contributed by atoms with Gasteiger partial charge in [-0.2, -0.15) is 0 Å². The van der Waals surface area contributed by atoms with Gasteiger partial charge in [-0.05, 0) is 35.4 Å². The summed E-state index contributed by atoms with van der Waals surface area (Å²) in [5, 5.41) is 15.9. The fourth-order valence-corrected chi connectivity index (χ4v) is 2.92. The van der Waals surface area contributed by atoms with Crippen LogP contribution in [-0.4, -0.2) is 38.5 Å². The van der Waals surface area contributed by atoms with Crippen LogP contribution in [0.15, 0.2) is 40.9 Å². The highest BCUT2D eigenvalue weighted by Crippen LogP contribution is 2.34. The van der Waals surface area contributed by atoms with Crippen molar-refractivity contribution in [3.63, 3.8) is 0 Å². The van der Waals surface area contributed by atoms with Crippen molar-refractivity contribution in [1.82, 2.24) is 10.6 Å². The number of halogens is 2. The van der Waals surface area contributed by atoms with E-state index in [0.717, 1.165) is 28.7 Å². The van der Waals surface area contributed by atoms with Gasteiger partial charge in [0.25, 0.3) is 0 Å². The summed E-state index contributed by atoms with van der Waals surface area (Å²) in [4.78, 5) is 0. The van der Waals surface area contributed by atoms with Gasteiger partial charge in [0.2, 0.25) is 0 Å². The van der Waals surface area contributed by atoms with Crippen LogP contribution in [-0.2, 0) is 13.2 Å². The molecule has 2 aromatic rings. The third-order valence-electron chi connectivity index (χ3n) is 3.72. The Balaban J connectivity index is 1.93. The first-order chi connectivity index (χ1) is 12.6. The molecule has 3 N–H and O–H groups in total. The molecule has 0 saturated carbocycles. The summed E-state index contributed by atoms with van der Waals surface area (Å²) in [5.74, 6) is 1.38. The standard InChI is InChI=1S/C19H24BrClN2O3/c1-25-18-10-15(12-23-7-6-22-8-9-24)17(20)11-19(18)26-13-14-2-4-16(21)5-3-14/h2-5,10-11,22-24H,6-9,12-13H2,1H3. The highest BCUT2D eigenvalue weighted by Gasteiger charge is 2.10. The van der Waals surface area contributed by atoms with E-state index in [1.165, 1.54) is 0 Å². The van der Waals surface area contributed by atoms with E-state index in [1.54, 1.807) is 7.11 Å². The Morgan fingerprint density at radius 3 is 2.46 bits per heavy atom. The number of ether oxygens (including phenoxy) is 2. The number of rotatable bonds is 11. The number of hydrogen-bond donors (Lipinski definition) is 3. The predicted molar refractivity (Wildman–Crippen MR) is 108 cm³/mol. The van der Waals surface area contributed by atoms with E-state index >= 15 is 0 Å². The molecule has 0 amide bonds. The van der Waals surface area contributed by atoms with Crippen molar-refractivity contribution in [2.45, 2.75) is 13.2 Å². The Morgan fingerprint density at radius 2 is 1.77 bits per heavy atom. The molecule has 142 valence electrons. The Labute approximate surface area is 167 Å². The summed E-state index contributed by atoms with van der Waals surface area (Å²) in [6.45, 7) is 3.52. The Bertz CT molecular complexity index is 683. The van der Waals surface area contributed by atoms with Crippen LogP contribution in [0.5, 0.6) is 11.5 Å². The molecule has 5 nitrogen and oxygen atoms in total. The molecule has 0 atom stereocenters. The van der Waals surface area contributed by atoms with Crippen molar-refractivity contribution in [3.05, 3.63) is 57.0 Å². The molecule has 0 fully saturated rings. The predicted octanol–water partition coefficient (Wildman–Crippen LogP) is 3.36.